The highest BCUT2D eigenvalue weighted by Gasteiger charge is 2.18. The third-order valence-corrected chi connectivity index (χ3v) is 4.36. The van der Waals surface area contributed by atoms with Crippen LogP contribution in [0.15, 0.2) is 36.4 Å². The lowest BCUT2D eigenvalue weighted by Crippen LogP contribution is -2.10. The van der Waals surface area contributed by atoms with Crippen molar-refractivity contribution in [2.75, 3.05) is 5.73 Å². The van der Waals surface area contributed by atoms with Gasteiger partial charge in [-0.3, -0.25) is 0 Å². The number of rotatable bonds is 1. The molecular weight excluding hydrogens is 306 g/mol. The molecule has 24 heavy (non-hydrogen) atoms. The van der Waals surface area contributed by atoms with E-state index in [0.717, 1.165) is 11.6 Å². The van der Waals surface area contributed by atoms with Gasteiger partial charge in [-0.25, -0.2) is 13.8 Å². The summed E-state index contributed by atoms with van der Waals surface area (Å²) in [5.74, 6) is -1.87. The van der Waals surface area contributed by atoms with Gasteiger partial charge in [-0.05, 0) is 35.6 Å². The quantitative estimate of drug-likeness (QED) is 0.653. The van der Waals surface area contributed by atoms with Crippen molar-refractivity contribution >= 4 is 16.6 Å². The molecule has 0 fully saturated rings. The molecule has 3 aromatic rings. The van der Waals surface area contributed by atoms with Crippen LogP contribution in [0.3, 0.4) is 0 Å². The fraction of sp³-hybridized carbons (Fsp3) is 0.250. The molecule has 3 rings (SSSR count). The van der Waals surface area contributed by atoms with Crippen molar-refractivity contribution in [3.8, 4) is 11.3 Å². The van der Waals surface area contributed by atoms with Crippen LogP contribution in [0, 0.1) is 18.6 Å². The van der Waals surface area contributed by atoms with E-state index in [1.54, 1.807) is 6.92 Å². The molecule has 0 aliphatic carbocycles. The number of nitrogens with zero attached hydrogens (tertiary/aromatic N) is 1. The molecular formula is C20H20F2N2. The van der Waals surface area contributed by atoms with Crippen molar-refractivity contribution in [2.24, 2.45) is 0 Å². The van der Waals surface area contributed by atoms with Gasteiger partial charge in [-0.2, -0.15) is 0 Å². The summed E-state index contributed by atoms with van der Waals surface area (Å²) < 4.78 is 27.5. The zero-order valence-corrected chi connectivity index (χ0v) is 14.2. The summed E-state index contributed by atoms with van der Waals surface area (Å²) in [5, 5.41) is 0.0440. The van der Waals surface area contributed by atoms with Crippen LogP contribution in [0.5, 0.6) is 0 Å². The number of hydrogen-bond donors (Lipinski definition) is 1. The van der Waals surface area contributed by atoms with Crippen molar-refractivity contribution in [1.29, 1.82) is 0 Å². The monoisotopic (exact) mass is 326 g/mol. The highest BCUT2D eigenvalue weighted by molar-refractivity contribution is 5.95. The fourth-order valence-corrected chi connectivity index (χ4v) is 2.82. The summed E-state index contributed by atoms with van der Waals surface area (Å²) in [6.07, 6.45) is 0. The van der Waals surface area contributed by atoms with E-state index in [2.05, 4.69) is 37.9 Å². The molecule has 1 aromatic heterocycles. The van der Waals surface area contributed by atoms with Gasteiger partial charge in [0.05, 0.1) is 16.6 Å². The second-order valence-corrected chi connectivity index (χ2v) is 7.08. The SMILES string of the molecule is Cc1c(-c2ccc(C(C)(C)C)cc2)nc2ccc(F)c(F)c2c1N. The Morgan fingerprint density at radius 2 is 1.58 bits per heavy atom. The zero-order chi connectivity index (χ0) is 17.6. The summed E-state index contributed by atoms with van der Waals surface area (Å²) in [5.41, 5.74) is 10.2. The maximum absolute atomic E-state index is 14.1. The van der Waals surface area contributed by atoms with Crippen LogP contribution in [0.2, 0.25) is 0 Å². The predicted octanol–water partition coefficient (Wildman–Crippen LogP) is 5.37. The Labute approximate surface area is 140 Å². The van der Waals surface area contributed by atoms with E-state index in [-0.39, 0.29) is 16.5 Å². The molecule has 0 bridgehead atoms. The number of pyridine rings is 1. The van der Waals surface area contributed by atoms with Gasteiger partial charge in [0.1, 0.15) is 0 Å². The minimum Gasteiger partial charge on any atom is -0.398 e. The molecule has 2 nitrogen and oxygen atoms in total. The first-order valence-electron chi connectivity index (χ1n) is 7.85. The standard InChI is InChI=1S/C20H20F2N2/c1-11-18(23)16-15(10-9-14(21)17(16)22)24-19(11)12-5-7-13(8-6-12)20(2,3)4/h5-10H,1-4H3,(H2,23,24). The molecule has 0 radical (unpaired) electrons. The van der Waals surface area contributed by atoms with Gasteiger partial charge < -0.3 is 5.73 Å². The Kier molecular flexibility index (Phi) is 3.78. The fourth-order valence-electron chi connectivity index (χ4n) is 2.82. The number of hydrogen-bond acceptors (Lipinski definition) is 2. The number of nitrogens with two attached hydrogens (primary N) is 1. The van der Waals surface area contributed by atoms with Crippen molar-refractivity contribution in [1.82, 2.24) is 4.98 Å². The summed E-state index contributed by atoms with van der Waals surface area (Å²) >= 11 is 0. The van der Waals surface area contributed by atoms with Crippen LogP contribution in [0.4, 0.5) is 14.5 Å². The molecule has 0 atom stereocenters. The van der Waals surface area contributed by atoms with E-state index >= 15 is 0 Å². The lowest BCUT2D eigenvalue weighted by Gasteiger charge is -2.19. The van der Waals surface area contributed by atoms with Crippen LogP contribution in [0.25, 0.3) is 22.2 Å². The molecule has 0 unspecified atom stereocenters. The normalized spacial score (nSPS) is 11.9. The molecule has 0 aliphatic heterocycles. The largest absolute Gasteiger partial charge is 0.398 e. The number of nitrogen functional groups attached to an aromatic ring is 1. The molecule has 124 valence electrons. The molecule has 0 aliphatic rings. The molecule has 2 aromatic carbocycles. The summed E-state index contributed by atoms with van der Waals surface area (Å²) in [4.78, 5) is 4.51. The maximum Gasteiger partial charge on any atom is 0.170 e. The highest BCUT2D eigenvalue weighted by atomic mass is 19.2. The van der Waals surface area contributed by atoms with Crippen molar-refractivity contribution in [2.45, 2.75) is 33.1 Å². The van der Waals surface area contributed by atoms with Gasteiger partial charge >= 0.3 is 0 Å². The lowest BCUT2D eigenvalue weighted by molar-refractivity contribution is 0.517. The van der Waals surface area contributed by atoms with Crippen LogP contribution >= 0.6 is 0 Å². The average molecular weight is 326 g/mol. The maximum atomic E-state index is 14.1. The van der Waals surface area contributed by atoms with E-state index in [0.29, 0.717) is 16.8 Å². The van der Waals surface area contributed by atoms with Gasteiger partial charge in [0.2, 0.25) is 0 Å². The van der Waals surface area contributed by atoms with Crippen LogP contribution in [0.1, 0.15) is 31.9 Å². The van der Waals surface area contributed by atoms with Crippen LogP contribution in [-0.4, -0.2) is 4.98 Å². The molecule has 2 N–H and O–H groups in total. The Bertz CT molecular complexity index is 923. The van der Waals surface area contributed by atoms with Gasteiger partial charge in [0.25, 0.3) is 0 Å². The molecule has 0 spiro atoms. The number of fused-ring (bicyclic) bond motifs is 1. The van der Waals surface area contributed by atoms with Crippen LogP contribution < -0.4 is 5.73 Å². The molecule has 1 heterocycles. The minimum absolute atomic E-state index is 0.0440. The Morgan fingerprint density at radius 3 is 2.17 bits per heavy atom. The first-order chi connectivity index (χ1) is 11.2. The van der Waals surface area contributed by atoms with E-state index in [1.807, 2.05) is 12.1 Å². The van der Waals surface area contributed by atoms with E-state index in [4.69, 9.17) is 5.73 Å². The van der Waals surface area contributed by atoms with Gasteiger partial charge in [0, 0.05) is 11.3 Å². The van der Waals surface area contributed by atoms with Gasteiger partial charge in [-0.1, -0.05) is 45.0 Å². The van der Waals surface area contributed by atoms with Crippen molar-refractivity contribution in [3.63, 3.8) is 0 Å². The molecule has 4 heteroatoms. The van der Waals surface area contributed by atoms with Gasteiger partial charge in [0.15, 0.2) is 11.6 Å². The van der Waals surface area contributed by atoms with Crippen molar-refractivity contribution in [3.05, 3.63) is 59.2 Å². The first kappa shape index (κ1) is 16.4. The zero-order valence-electron chi connectivity index (χ0n) is 14.2. The van der Waals surface area contributed by atoms with E-state index in [1.165, 1.54) is 11.6 Å². The number of anilines is 1. The Morgan fingerprint density at radius 1 is 0.958 bits per heavy atom. The summed E-state index contributed by atoms with van der Waals surface area (Å²) in [7, 11) is 0. The van der Waals surface area contributed by atoms with Crippen molar-refractivity contribution < 1.29 is 8.78 Å². The topological polar surface area (TPSA) is 38.9 Å². The number of benzene rings is 2. The predicted molar refractivity (Wildman–Crippen MR) is 94.9 cm³/mol. The Hall–Kier alpha value is -2.49. The van der Waals surface area contributed by atoms with E-state index < -0.39 is 11.6 Å². The Balaban J connectivity index is 2.21. The summed E-state index contributed by atoms with van der Waals surface area (Å²) in [6.45, 7) is 8.23. The first-order valence-corrected chi connectivity index (χ1v) is 7.85. The lowest BCUT2D eigenvalue weighted by atomic mass is 9.86. The summed E-state index contributed by atoms with van der Waals surface area (Å²) in [6, 6.07) is 10.6. The molecule has 0 saturated carbocycles. The third-order valence-electron chi connectivity index (χ3n) is 4.36. The van der Waals surface area contributed by atoms with Crippen LogP contribution in [-0.2, 0) is 5.41 Å². The molecule has 0 amide bonds. The van der Waals surface area contributed by atoms with Gasteiger partial charge in [-0.15, -0.1) is 0 Å². The average Bonchev–Trinajstić information content (AvgIpc) is 2.53. The number of aromatic nitrogens is 1. The minimum atomic E-state index is -0.949. The highest BCUT2D eigenvalue weighted by Crippen LogP contribution is 2.34. The molecule has 0 saturated heterocycles. The second-order valence-electron chi connectivity index (χ2n) is 7.08. The smallest absolute Gasteiger partial charge is 0.170 e. The van der Waals surface area contributed by atoms with E-state index in [9.17, 15) is 8.78 Å². The number of halogens is 2. The third kappa shape index (κ3) is 2.62. The second kappa shape index (κ2) is 5.55.